The summed E-state index contributed by atoms with van der Waals surface area (Å²) >= 11 is 0. The van der Waals surface area contributed by atoms with Crippen LogP contribution in [0.5, 0.6) is 0 Å². The van der Waals surface area contributed by atoms with Gasteiger partial charge in [-0.25, -0.2) is 0 Å². The van der Waals surface area contributed by atoms with Crippen LogP contribution in [0.25, 0.3) is 0 Å². The van der Waals surface area contributed by atoms with E-state index in [1.54, 1.807) is 0 Å². The van der Waals surface area contributed by atoms with Gasteiger partial charge in [-0.2, -0.15) is 5.06 Å². The molecule has 1 saturated heterocycles. The van der Waals surface area contributed by atoms with Gasteiger partial charge in [-0.15, -0.1) is 0 Å². The van der Waals surface area contributed by atoms with Crippen molar-refractivity contribution < 1.29 is 4.84 Å². The summed E-state index contributed by atoms with van der Waals surface area (Å²) in [6.07, 6.45) is 10.1. The largest absolute Gasteiger partial charge is 0.326 e. The third-order valence-electron chi connectivity index (χ3n) is 5.65. The molecule has 0 aromatic carbocycles. The molecule has 2 N–H and O–H groups in total. The molecule has 0 bridgehead atoms. The highest BCUT2D eigenvalue weighted by Crippen LogP contribution is 2.43. The van der Waals surface area contributed by atoms with Crippen LogP contribution < -0.4 is 5.73 Å². The lowest BCUT2D eigenvalue weighted by molar-refractivity contribution is -0.293. The topological polar surface area (TPSA) is 38.5 Å². The fraction of sp³-hybridized carbons (Fsp3) is 1.00. The van der Waals surface area contributed by atoms with Gasteiger partial charge in [0.25, 0.3) is 0 Å². The van der Waals surface area contributed by atoms with Crippen molar-refractivity contribution in [3.63, 3.8) is 0 Å². The first kappa shape index (κ1) is 21.9. The lowest BCUT2D eigenvalue weighted by Gasteiger charge is -2.57. The molecule has 2 atom stereocenters. The zero-order valence-corrected chi connectivity index (χ0v) is 17.5. The number of nitrogens with zero attached hydrogens (tertiary/aromatic N) is 1. The van der Waals surface area contributed by atoms with Crippen LogP contribution in [0.3, 0.4) is 0 Å². The molecule has 1 rings (SSSR count). The first-order valence-corrected chi connectivity index (χ1v) is 10.3. The number of unbranched alkanes of at least 4 members (excludes halogenated alkanes) is 5. The molecule has 2 unspecified atom stereocenters. The van der Waals surface area contributed by atoms with Crippen molar-refractivity contribution in [3.05, 3.63) is 0 Å². The van der Waals surface area contributed by atoms with Crippen molar-refractivity contribution in [3.8, 4) is 0 Å². The van der Waals surface area contributed by atoms with Crippen molar-refractivity contribution >= 4 is 0 Å². The third kappa shape index (κ3) is 6.00. The molecule has 1 aliphatic rings. The number of piperidine rings is 1. The molecule has 1 fully saturated rings. The van der Waals surface area contributed by atoms with Crippen LogP contribution in [0, 0.1) is 11.8 Å². The van der Waals surface area contributed by atoms with Gasteiger partial charge in [0, 0.05) is 11.6 Å². The number of hydroxylamine groups is 2. The van der Waals surface area contributed by atoms with E-state index in [0.29, 0.717) is 11.8 Å². The standard InChI is InChI=1S/C21H44N2O/c1-8-9-10-11-12-13-14-24-23-20(4,5)16-18(15-17(2)3)19(22)21(23,6)7/h17-19H,8-16,22H2,1-7H3. The molecule has 0 aromatic rings. The summed E-state index contributed by atoms with van der Waals surface area (Å²) in [5.41, 5.74) is 6.60. The van der Waals surface area contributed by atoms with Crippen LogP contribution in [0.4, 0.5) is 0 Å². The highest BCUT2D eigenvalue weighted by molar-refractivity contribution is 5.04. The van der Waals surface area contributed by atoms with E-state index in [1.165, 1.54) is 38.5 Å². The first-order chi connectivity index (χ1) is 11.1. The molecule has 0 saturated carbocycles. The minimum Gasteiger partial charge on any atom is -0.326 e. The van der Waals surface area contributed by atoms with Crippen LogP contribution in [0.1, 0.15) is 99.8 Å². The van der Waals surface area contributed by atoms with Gasteiger partial charge >= 0.3 is 0 Å². The van der Waals surface area contributed by atoms with E-state index in [-0.39, 0.29) is 17.1 Å². The Hall–Kier alpha value is -0.120. The molecule has 0 radical (unpaired) electrons. The fourth-order valence-electron chi connectivity index (χ4n) is 4.56. The van der Waals surface area contributed by atoms with E-state index < -0.39 is 0 Å². The molecule has 1 aliphatic heterocycles. The summed E-state index contributed by atoms with van der Waals surface area (Å²) in [4.78, 5) is 6.30. The molecule has 0 aliphatic carbocycles. The second-order valence-electron chi connectivity index (χ2n) is 9.48. The van der Waals surface area contributed by atoms with Crippen LogP contribution in [-0.4, -0.2) is 28.8 Å². The smallest absolute Gasteiger partial charge is 0.0685 e. The van der Waals surface area contributed by atoms with Gasteiger partial charge in [0.1, 0.15) is 0 Å². The maximum Gasteiger partial charge on any atom is 0.0685 e. The maximum atomic E-state index is 6.68. The quantitative estimate of drug-likeness (QED) is 0.531. The number of rotatable bonds is 10. The van der Waals surface area contributed by atoms with E-state index >= 15 is 0 Å². The van der Waals surface area contributed by atoms with Crippen LogP contribution in [0.15, 0.2) is 0 Å². The van der Waals surface area contributed by atoms with Gasteiger partial charge in [0.2, 0.25) is 0 Å². The summed E-state index contributed by atoms with van der Waals surface area (Å²) in [6, 6.07) is 0.164. The Kier molecular flexibility index (Phi) is 8.72. The monoisotopic (exact) mass is 340 g/mol. The summed E-state index contributed by atoms with van der Waals surface area (Å²) < 4.78 is 0. The maximum absolute atomic E-state index is 6.68. The molecule has 0 amide bonds. The van der Waals surface area contributed by atoms with Crippen molar-refractivity contribution in [1.82, 2.24) is 5.06 Å². The summed E-state index contributed by atoms with van der Waals surface area (Å²) in [7, 11) is 0. The molecule has 0 spiro atoms. The first-order valence-electron chi connectivity index (χ1n) is 10.3. The second-order valence-corrected chi connectivity index (χ2v) is 9.48. The van der Waals surface area contributed by atoms with E-state index in [9.17, 15) is 0 Å². The van der Waals surface area contributed by atoms with Gasteiger partial charge in [-0.05, 0) is 58.8 Å². The summed E-state index contributed by atoms with van der Waals surface area (Å²) in [5.74, 6) is 1.27. The Morgan fingerprint density at radius 3 is 2.21 bits per heavy atom. The van der Waals surface area contributed by atoms with E-state index in [1.807, 2.05) is 0 Å². The predicted octanol–water partition coefficient (Wildman–Crippen LogP) is 5.53. The predicted molar refractivity (Wildman–Crippen MR) is 105 cm³/mol. The van der Waals surface area contributed by atoms with E-state index in [0.717, 1.165) is 19.4 Å². The average molecular weight is 341 g/mol. The van der Waals surface area contributed by atoms with Gasteiger partial charge in [0.15, 0.2) is 0 Å². The summed E-state index contributed by atoms with van der Waals surface area (Å²) in [5, 5.41) is 2.23. The van der Waals surface area contributed by atoms with E-state index in [2.05, 4.69) is 53.5 Å². The fourth-order valence-corrected chi connectivity index (χ4v) is 4.56. The average Bonchev–Trinajstić information content (AvgIpc) is 2.46. The van der Waals surface area contributed by atoms with Gasteiger partial charge < -0.3 is 5.73 Å². The van der Waals surface area contributed by atoms with Crippen molar-refractivity contribution in [1.29, 1.82) is 0 Å². The lowest BCUT2D eigenvalue weighted by atomic mass is 9.69. The van der Waals surface area contributed by atoms with Crippen LogP contribution >= 0.6 is 0 Å². The third-order valence-corrected chi connectivity index (χ3v) is 5.65. The highest BCUT2D eigenvalue weighted by atomic mass is 16.7. The Morgan fingerprint density at radius 2 is 1.62 bits per heavy atom. The SMILES string of the molecule is CCCCCCCCON1C(C)(C)CC(CC(C)C)C(N)C1(C)C. The summed E-state index contributed by atoms with van der Waals surface area (Å²) in [6.45, 7) is 16.8. The minimum atomic E-state index is -0.122. The second kappa shape index (κ2) is 9.54. The number of nitrogens with two attached hydrogens (primary N) is 1. The molecule has 24 heavy (non-hydrogen) atoms. The van der Waals surface area contributed by atoms with Crippen LogP contribution in [-0.2, 0) is 4.84 Å². The molecular weight excluding hydrogens is 296 g/mol. The van der Waals surface area contributed by atoms with Gasteiger partial charge in [-0.1, -0.05) is 52.9 Å². The van der Waals surface area contributed by atoms with Crippen molar-refractivity contribution in [2.75, 3.05) is 6.61 Å². The van der Waals surface area contributed by atoms with Crippen molar-refractivity contribution in [2.45, 2.75) is 117 Å². The van der Waals surface area contributed by atoms with Crippen molar-refractivity contribution in [2.24, 2.45) is 17.6 Å². The highest BCUT2D eigenvalue weighted by Gasteiger charge is 2.51. The lowest BCUT2D eigenvalue weighted by Crippen LogP contribution is -2.69. The molecule has 144 valence electrons. The Bertz CT molecular complexity index is 352. The Labute approximate surface area is 151 Å². The molecule has 3 heteroatoms. The zero-order chi connectivity index (χ0) is 18.4. The normalized spacial score (nSPS) is 26.9. The van der Waals surface area contributed by atoms with E-state index in [4.69, 9.17) is 10.6 Å². The molecule has 1 heterocycles. The van der Waals surface area contributed by atoms with Gasteiger partial charge in [-0.3, -0.25) is 4.84 Å². The molecule has 0 aromatic heterocycles. The number of hydrogen-bond donors (Lipinski definition) is 1. The zero-order valence-electron chi connectivity index (χ0n) is 17.5. The van der Waals surface area contributed by atoms with Crippen LogP contribution in [0.2, 0.25) is 0 Å². The Morgan fingerprint density at radius 1 is 1.04 bits per heavy atom. The molecule has 3 nitrogen and oxygen atoms in total. The van der Waals surface area contributed by atoms with Gasteiger partial charge in [0.05, 0.1) is 12.1 Å². The minimum absolute atomic E-state index is 0.0428. The number of hydrogen-bond acceptors (Lipinski definition) is 3. The Balaban J connectivity index is 2.56. The molecular formula is C21H44N2O.